The molecule has 66 valence electrons. The zero-order valence-corrected chi connectivity index (χ0v) is 7.21. The lowest BCUT2D eigenvalue weighted by Crippen LogP contribution is -1.92. The number of fused-ring (bicyclic) bond motifs is 1. The summed E-state index contributed by atoms with van der Waals surface area (Å²) in [7, 11) is 0. The largest absolute Gasteiger partial charge is 0.428 e. The Hall–Kier alpha value is -1.55. The Morgan fingerprint density at radius 3 is 3.15 bits per heavy atom. The molecule has 5 heteroatoms. The lowest BCUT2D eigenvalue weighted by molar-refractivity contribution is -0.105. The van der Waals surface area contributed by atoms with E-state index in [1.54, 1.807) is 18.2 Å². The Morgan fingerprint density at radius 2 is 2.38 bits per heavy atom. The highest BCUT2D eigenvalue weighted by atomic mass is 35.5. The van der Waals surface area contributed by atoms with Crippen LogP contribution < -0.4 is 5.32 Å². The minimum Gasteiger partial charge on any atom is -0.428 e. The molecule has 0 bridgehead atoms. The van der Waals surface area contributed by atoms with Crippen molar-refractivity contribution in [1.29, 1.82) is 0 Å². The molecule has 0 aliphatic rings. The van der Waals surface area contributed by atoms with Gasteiger partial charge in [-0.25, -0.2) is 0 Å². The summed E-state index contributed by atoms with van der Waals surface area (Å²) in [5.41, 5.74) is 1.88. The van der Waals surface area contributed by atoms with Crippen LogP contribution in [0.2, 0.25) is 5.35 Å². The fourth-order valence-electron chi connectivity index (χ4n) is 1.06. The molecule has 0 aliphatic heterocycles. The van der Waals surface area contributed by atoms with E-state index in [-0.39, 0.29) is 5.35 Å². The number of amides is 1. The minimum atomic E-state index is 0.0956. The summed E-state index contributed by atoms with van der Waals surface area (Å²) in [6, 6.07) is 5.08. The second kappa shape index (κ2) is 3.06. The Kier molecular flexibility index (Phi) is 1.90. The summed E-state index contributed by atoms with van der Waals surface area (Å²) in [4.78, 5) is 14.0. The highest BCUT2D eigenvalue weighted by Crippen LogP contribution is 2.21. The zero-order chi connectivity index (χ0) is 9.26. The molecular weight excluding hydrogens is 192 g/mol. The fourth-order valence-corrected chi connectivity index (χ4v) is 1.23. The topological polar surface area (TPSA) is 55.1 Å². The Morgan fingerprint density at radius 1 is 1.54 bits per heavy atom. The molecule has 13 heavy (non-hydrogen) atoms. The molecule has 1 aromatic heterocycles. The molecule has 0 atom stereocenters. The predicted molar refractivity (Wildman–Crippen MR) is 48.7 cm³/mol. The van der Waals surface area contributed by atoms with Crippen molar-refractivity contribution < 1.29 is 9.21 Å². The monoisotopic (exact) mass is 196 g/mol. The average molecular weight is 197 g/mol. The molecule has 0 saturated heterocycles. The second-order valence-electron chi connectivity index (χ2n) is 2.41. The van der Waals surface area contributed by atoms with E-state index >= 15 is 0 Å². The van der Waals surface area contributed by atoms with Gasteiger partial charge in [0, 0.05) is 5.69 Å². The van der Waals surface area contributed by atoms with Crippen LogP contribution in [0.15, 0.2) is 22.6 Å². The molecule has 1 N–H and O–H groups in total. The van der Waals surface area contributed by atoms with Gasteiger partial charge < -0.3 is 9.73 Å². The maximum atomic E-state index is 10.1. The van der Waals surface area contributed by atoms with Gasteiger partial charge in [-0.05, 0) is 29.8 Å². The first-order valence-corrected chi connectivity index (χ1v) is 3.93. The number of nitrogens with one attached hydrogen (secondary N) is 1. The van der Waals surface area contributed by atoms with E-state index in [0.29, 0.717) is 23.2 Å². The van der Waals surface area contributed by atoms with Gasteiger partial charge in [0.25, 0.3) is 5.35 Å². The SMILES string of the molecule is O=CNc1ccc2oc(Cl)nc2c1. The van der Waals surface area contributed by atoms with Gasteiger partial charge >= 0.3 is 0 Å². The van der Waals surface area contributed by atoms with Crippen LogP contribution in [-0.4, -0.2) is 11.4 Å². The fraction of sp³-hybridized carbons (Fsp3) is 0. The summed E-state index contributed by atoms with van der Waals surface area (Å²) in [6.07, 6.45) is 0.600. The number of oxazole rings is 1. The van der Waals surface area contributed by atoms with Gasteiger partial charge in [-0.15, -0.1) is 0 Å². The minimum absolute atomic E-state index is 0.0956. The van der Waals surface area contributed by atoms with Crippen LogP contribution in [0.3, 0.4) is 0 Å². The van der Waals surface area contributed by atoms with Crippen LogP contribution in [-0.2, 0) is 4.79 Å². The number of carbonyl (C=O) groups excluding carboxylic acids is 1. The smallest absolute Gasteiger partial charge is 0.293 e. The normalized spacial score (nSPS) is 10.2. The summed E-state index contributed by atoms with van der Waals surface area (Å²) in [6.45, 7) is 0. The van der Waals surface area contributed by atoms with E-state index in [9.17, 15) is 4.79 Å². The lowest BCUT2D eigenvalue weighted by Gasteiger charge is -1.95. The summed E-state index contributed by atoms with van der Waals surface area (Å²) in [5.74, 6) is 0. The van der Waals surface area contributed by atoms with E-state index in [4.69, 9.17) is 16.0 Å². The molecule has 0 spiro atoms. The van der Waals surface area contributed by atoms with Crippen LogP contribution in [0.1, 0.15) is 0 Å². The quantitative estimate of drug-likeness (QED) is 0.748. The first-order valence-electron chi connectivity index (χ1n) is 3.56. The Labute approximate surface area is 78.5 Å². The number of anilines is 1. The third kappa shape index (κ3) is 1.48. The molecule has 0 saturated carbocycles. The molecule has 1 amide bonds. The van der Waals surface area contributed by atoms with E-state index in [0.717, 1.165) is 0 Å². The Balaban J connectivity index is 2.54. The number of halogens is 1. The van der Waals surface area contributed by atoms with Crippen LogP contribution >= 0.6 is 11.6 Å². The van der Waals surface area contributed by atoms with E-state index < -0.39 is 0 Å². The van der Waals surface area contributed by atoms with Gasteiger partial charge in [-0.1, -0.05) is 0 Å². The number of hydrogen-bond acceptors (Lipinski definition) is 3. The van der Waals surface area contributed by atoms with Gasteiger partial charge in [0.15, 0.2) is 5.58 Å². The van der Waals surface area contributed by atoms with Gasteiger partial charge in [0.05, 0.1) is 0 Å². The number of nitrogens with zero attached hydrogens (tertiary/aromatic N) is 1. The van der Waals surface area contributed by atoms with E-state index in [1.165, 1.54) is 0 Å². The van der Waals surface area contributed by atoms with Gasteiger partial charge in [-0.2, -0.15) is 4.98 Å². The van der Waals surface area contributed by atoms with Crippen molar-refractivity contribution in [1.82, 2.24) is 4.98 Å². The van der Waals surface area contributed by atoms with Crippen LogP contribution in [0.4, 0.5) is 5.69 Å². The van der Waals surface area contributed by atoms with Crippen molar-refractivity contribution in [2.45, 2.75) is 0 Å². The van der Waals surface area contributed by atoms with Crippen LogP contribution in [0.5, 0.6) is 0 Å². The first kappa shape index (κ1) is 8.07. The summed E-state index contributed by atoms with van der Waals surface area (Å²) < 4.78 is 5.04. The average Bonchev–Trinajstić information content (AvgIpc) is 2.44. The van der Waals surface area contributed by atoms with Gasteiger partial charge in [0.2, 0.25) is 6.41 Å². The molecule has 0 radical (unpaired) electrons. The maximum Gasteiger partial charge on any atom is 0.293 e. The molecule has 0 fully saturated rings. The standard InChI is InChI=1S/C8H5ClN2O2/c9-8-11-6-3-5(10-4-12)1-2-7(6)13-8/h1-4H,(H,10,12). The third-order valence-electron chi connectivity index (χ3n) is 1.59. The predicted octanol–water partition coefficient (Wildman–Crippen LogP) is 2.05. The van der Waals surface area contributed by atoms with Gasteiger partial charge in [0.1, 0.15) is 5.52 Å². The van der Waals surface area contributed by atoms with Crippen molar-refractivity contribution in [3.8, 4) is 0 Å². The number of benzene rings is 1. The Bertz CT molecular complexity index is 452. The van der Waals surface area contributed by atoms with E-state index in [1.807, 2.05) is 0 Å². The van der Waals surface area contributed by atoms with Gasteiger partial charge in [-0.3, -0.25) is 4.79 Å². The maximum absolute atomic E-state index is 10.1. The third-order valence-corrected chi connectivity index (χ3v) is 1.75. The number of rotatable bonds is 2. The van der Waals surface area contributed by atoms with Crippen LogP contribution in [0.25, 0.3) is 11.1 Å². The number of hydrogen-bond donors (Lipinski definition) is 1. The van der Waals surface area contributed by atoms with Crippen molar-refractivity contribution in [3.63, 3.8) is 0 Å². The van der Waals surface area contributed by atoms with E-state index in [2.05, 4.69) is 10.3 Å². The number of carbonyl (C=O) groups is 1. The molecular formula is C8H5ClN2O2. The molecule has 1 heterocycles. The number of aromatic nitrogens is 1. The lowest BCUT2D eigenvalue weighted by atomic mass is 10.3. The summed E-state index contributed by atoms with van der Waals surface area (Å²) in [5, 5.41) is 2.60. The zero-order valence-electron chi connectivity index (χ0n) is 6.45. The molecule has 1 aromatic carbocycles. The van der Waals surface area contributed by atoms with Crippen molar-refractivity contribution >= 4 is 34.8 Å². The summed E-state index contributed by atoms with van der Waals surface area (Å²) >= 11 is 5.54. The molecule has 2 aromatic rings. The molecule has 2 rings (SSSR count). The molecule has 0 aliphatic carbocycles. The highest BCUT2D eigenvalue weighted by Gasteiger charge is 2.03. The molecule has 0 unspecified atom stereocenters. The van der Waals surface area contributed by atoms with Crippen molar-refractivity contribution in [2.24, 2.45) is 0 Å². The second-order valence-corrected chi connectivity index (χ2v) is 2.73. The van der Waals surface area contributed by atoms with Crippen molar-refractivity contribution in [3.05, 3.63) is 23.5 Å². The van der Waals surface area contributed by atoms with Crippen molar-refractivity contribution in [2.75, 3.05) is 5.32 Å². The van der Waals surface area contributed by atoms with Crippen LogP contribution in [0, 0.1) is 0 Å². The first-order chi connectivity index (χ1) is 6.29. The molecule has 4 nitrogen and oxygen atoms in total. The highest BCUT2D eigenvalue weighted by molar-refractivity contribution is 6.28.